The standard InChI is InChI=1S/C25H19N3O3S/c1-15-6-5-9-21-22(15)26-25(32-21)27-23(29)20-14-28(16-10-12-17(31-2)13-11-16)24(30)19-8-4-3-7-18(19)20/h3-14H,1-2H3,(H,26,27,29). The van der Waals surface area contributed by atoms with Crippen LogP contribution in [0.3, 0.4) is 0 Å². The van der Waals surface area contributed by atoms with Gasteiger partial charge >= 0.3 is 0 Å². The Morgan fingerprint density at radius 1 is 1.00 bits per heavy atom. The molecule has 0 aliphatic heterocycles. The van der Waals surface area contributed by atoms with Crippen LogP contribution in [0.15, 0.2) is 77.7 Å². The van der Waals surface area contributed by atoms with Crippen LogP contribution in [-0.4, -0.2) is 22.6 Å². The molecule has 3 aromatic carbocycles. The first kappa shape index (κ1) is 20.0. The quantitative estimate of drug-likeness (QED) is 0.418. The van der Waals surface area contributed by atoms with Crippen LogP contribution in [0.4, 0.5) is 5.13 Å². The molecule has 0 atom stereocenters. The number of carbonyl (C=O) groups is 1. The molecule has 0 saturated carbocycles. The van der Waals surface area contributed by atoms with Gasteiger partial charge in [0.2, 0.25) is 0 Å². The molecule has 2 heterocycles. The third-order valence-corrected chi connectivity index (χ3v) is 6.30. The summed E-state index contributed by atoms with van der Waals surface area (Å²) in [5, 5.41) is 4.50. The van der Waals surface area contributed by atoms with E-state index in [2.05, 4.69) is 10.3 Å². The number of rotatable bonds is 4. The monoisotopic (exact) mass is 441 g/mol. The van der Waals surface area contributed by atoms with Crippen molar-refractivity contribution >= 4 is 43.4 Å². The van der Waals surface area contributed by atoms with Crippen molar-refractivity contribution in [2.75, 3.05) is 12.4 Å². The van der Waals surface area contributed by atoms with E-state index in [0.717, 1.165) is 15.8 Å². The van der Waals surface area contributed by atoms with Gasteiger partial charge in [0.25, 0.3) is 11.5 Å². The predicted octanol–water partition coefficient (Wildman–Crippen LogP) is 5.17. The normalized spacial score (nSPS) is 11.1. The van der Waals surface area contributed by atoms with Crippen molar-refractivity contribution in [2.45, 2.75) is 6.92 Å². The third kappa shape index (κ3) is 3.42. The zero-order valence-corrected chi connectivity index (χ0v) is 18.3. The van der Waals surface area contributed by atoms with Crippen molar-refractivity contribution < 1.29 is 9.53 Å². The molecule has 0 saturated heterocycles. The second-order valence-corrected chi connectivity index (χ2v) is 8.39. The first-order valence-electron chi connectivity index (χ1n) is 10.0. The molecule has 1 N–H and O–H groups in total. The Balaban J connectivity index is 1.61. The number of nitrogens with one attached hydrogen (secondary N) is 1. The summed E-state index contributed by atoms with van der Waals surface area (Å²) >= 11 is 1.42. The summed E-state index contributed by atoms with van der Waals surface area (Å²) in [5.74, 6) is 0.367. The van der Waals surface area contributed by atoms with E-state index in [1.165, 1.54) is 15.9 Å². The van der Waals surface area contributed by atoms with Gasteiger partial charge in [0.15, 0.2) is 5.13 Å². The molecule has 158 valence electrons. The number of nitrogens with zero attached hydrogens (tertiary/aromatic N) is 2. The lowest BCUT2D eigenvalue weighted by molar-refractivity contribution is 0.102. The maximum Gasteiger partial charge on any atom is 0.262 e. The molecule has 0 fully saturated rings. The number of pyridine rings is 1. The molecule has 0 spiro atoms. The molecular weight excluding hydrogens is 422 g/mol. The van der Waals surface area contributed by atoms with Gasteiger partial charge in [-0.2, -0.15) is 0 Å². The van der Waals surface area contributed by atoms with Gasteiger partial charge in [-0.15, -0.1) is 0 Å². The highest BCUT2D eigenvalue weighted by Gasteiger charge is 2.17. The number of aromatic nitrogens is 2. The van der Waals surface area contributed by atoms with Gasteiger partial charge in [-0.25, -0.2) is 4.98 Å². The smallest absolute Gasteiger partial charge is 0.262 e. The number of aryl methyl sites for hydroxylation is 1. The Kier molecular flexibility index (Phi) is 4.95. The maximum absolute atomic E-state index is 13.3. The van der Waals surface area contributed by atoms with Gasteiger partial charge in [-0.1, -0.05) is 41.7 Å². The van der Waals surface area contributed by atoms with Crippen LogP contribution in [0.25, 0.3) is 26.7 Å². The summed E-state index contributed by atoms with van der Waals surface area (Å²) in [5.41, 5.74) is 2.77. The number of anilines is 1. The van der Waals surface area contributed by atoms with Crippen molar-refractivity contribution in [2.24, 2.45) is 0 Å². The Labute approximate surface area is 187 Å². The molecule has 2 aromatic heterocycles. The van der Waals surface area contributed by atoms with Crippen molar-refractivity contribution in [3.05, 3.63) is 94.4 Å². The number of amides is 1. The molecule has 6 nitrogen and oxygen atoms in total. The average molecular weight is 442 g/mol. The summed E-state index contributed by atoms with van der Waals surface area (Å²) in [7, 11) is 1.59. The van der Waals surface area contributed by atoms with E-state index in [9.17, 15) is 9.59 Å². The minimum Gasteiger partial charge on any atom is -0.497 e. The van der Waals surface area contributed by atoms with Crippen LogP contribution in [0.5, 0.6) is 5.75 Å². The van der Waals surface area contributed by atoms with Crippen LogP contribution in [0, 0.1) is 6.92 Å². The minimum atomic E-state index is -0.319. The Bertz CT molecular complexity index is 1530. The van der Waals surface area contributed by atoms with Crippen molar-refractivity contribution in [1.29, 1.82) is 0 Å². The molecule has 1 amide bonds. The first-order valence-corrected chi connectivity index (χ1v) is 10.8. The number of thiazole rings is 1. The van der Waals surface area contributed by atoms with Crippen molar-refractivity contribution in [1.82, 2.24) is 9.55 Å². The fourth-order valence-electron chi connectivity index (χ4n) is 3.71. The van der Waals surface area contributed by atoms with Crippen molar-refractivity contribution in [3.8, 4) is 11.4 Å². The lowest BCUT2D eigenvalue weighted by Gasteiger charge is -2.12. The van der Waals surface area contributed by atoms with Crippen LogP contribution in [0.2, 0.25) is 0 Å². The zero-order valence-electron chi connectivity index (χ0n) is 17.5. The van der Waals surface area contributed by atoms with Crippen LogP contribution in [0.1, 0.15) is 15.9 Å². The summed E-state index contributed by atoms with van der Waals surface area (Å²) in [6, 6.07) is 20.2. The van der Waals surface area contributed by atoms with E-state index in [1.807, 2.05) is 31.2 Å². The topological polar surface area (TPSA) is 73.2 Å². The van der Waals surface area contributed by atoms with Gasteiger partial charge in [-0.3, -0.25) is 19.5 Å². The second-order valence-electron chi connectivity index (χ2n) is 7.36. The molecular formula is C25H19N3O3S. The highest BCUT2D eigenvalue weighted by molar-refractivity contribution is 7.22. The van der Waals surface area contributed by atoms with E-state index in [4.69, 9.17) is 4.74 Å². The van der Waals surface area contributed by atoms with Gasteiger partial charge in [-0.05, 0) is 48.9 Å². The van der Waals surface area contributed by atoms with Crippen molar-refractivity contribution in [3.63, 3.8) is 0 Å². The van der Waals surface area contributed by atoms with Crippen LogP contribution >= 0.6 is 11.3 Å². The van der Waals surface area contributed by atoms with Gasteiger partial charge in [0.05, 0.1) is 22.9 Å². The van der Waals surface area contributed by atoms with Crippen LogP contribution < -0.4 is 15.6 Å². The van der Waals surface area contributed by atoms with Crippen LogP contribution in [-0.2, 0) is 0 Å². The minimum absolute atomic E-state index is 0.196. The van der Waals surface area contributed by atoms with E-state index in [-0.39, 0.29) is 11.5 Å². The third-order valence-electron chi connectivity index (χ3n) is 5.36. The highest BCUT2D eigenvalue weighted by atomic mass is 32.1. The molecule has 0 radical (unpaired) electrons. The lowest BCUT2D eigenvalue weighted by Crippen LogP contribution is -2.22. The van der Waals surface area contributed by atoms with E-state index >= 15 is 0 Å². The first-order chi connectivity index (χ1) is 15.5. The largest absolute Gasteiger partial charge is 0.497 e. The molecule has 0 aliphatic carbocycles. The predicted molar refractivity (Wildman–Crippen MR) is 128 cm³/mol. The number of ether oxygens (including phenoxy) is 1. The van der Waals surface area contributed by atoms with E-state index in [0.29, 0.717) is 32.9 Å². The number of hydrogen-bond donors (Lipinski definition) is 1. The summed E-state index contributed by atoms with van der Waals surface area (Å²) in [6.07, 6.45) is 1.58. The summed E-state index contributed by atoms with van der Waals surface area (Å²) in [4.78, 5) is 31.0. The fourth-order valence-corrected chi connectivity index (χ4v) is 4.65. The molecule has 5 aromatic rings. The van der Waals surface area contributed by atoms with Gasteiger partial charge in [0.1, 0.15) is 5.75 Å². The molecule has 0 unspecified atom stereocenters. The number of para-hydroxylation sites is 1. The van der Waals surface area contributed by atoms with E-state index < -0.39 is 0 Å². The highest BCUT2D eigenvalue weighted by Crippen LogP contribution is 2.29. The molecule has 5 rings (SSSR count). The molecule has 32 heavy (non-hydrogen) atoms. The Morgan fingerprint density at radius 2 is 1.75 bits per heavy atom. The Morgan fingerprint density at radius 3 is 2.47 bits per heavy atom. The maximum atomic E-state index is 13.3. The number of fused-ring (bicyclic) bond motifs is 2. The summed E-state index contributed by atoms with van der Waals surface area (Å²) < 4.78 is 7.70. The van der Waals surface area contributed by atoms with E-state index in [1.54, 1.807) is 55.8 Å². The molecule has 0 bridgehead atoms. The zero-order chi connectivity index (χ0) is 22.2. The molecule has 0 aliphatic rings. The fraction of sp³-hybridized carbons (Fsp3) is 0.0800. The second kappa shape index (κ2) is 7.94. The lowest BCUT2D eigenvalue weighted by atomic mass is 10.1. The molecule has 7 heteroatoms. The number of hydrogen-bond acceptors (Lipinski definition) is 5. The van der Waals surface area contributed by atoms with Gasteiger partial charge in [0, 0.05) is 22.7 Å². The number of benzene rings is 3. The average Bonchev–Trinajstić information content (AvgIpc) is 3.23. The SMILES string of the molecule is COc1ccc(-n2cc(C(=O)Nc3nc4c(C)cccc4s3)c3ccccc3c2=O)cc1. The van der Waals surface area contributed by atoms with Gasteiger partial charge < -0.3 is 4.74 Å². The number of methoxy groups -OCH3 is 1. The Hall–Kier alpha value is -3.97. The number of carbonyl (C=O) groups excluding carboxylic acids is 1. The summed E-state index contributed by atoms with van der Waals surface area (Å²) in [6.45, 7) is 1.99.